The second-order valence-corrected chi connectivity index (χ2v) is 8.67. The first-order valence-corrected chi connectivity index (χ1v) is 11.5. The number of aromatic amines is 1. The third-order valence-electron chi connectivity index (χ3n) is 5.78. The van der Waals surface area contributed by atoms with Gasteiger partial charge in [0.05, 0.1) is 32.8 Å². The molecule has 0 atom stereocenters. The number of ether oxygens (including phenoxy) is 1. The van der Waals surface area contributed by atoms with E-state index in [1.807, 2.05) is 12.1 Å². The molecule has 3 N–H and O–H groups in total. The molecule has 6 nitrogen and oxygen atoms in total. The number of aryl methyl sites for hydroxylation is 2. The molecule has 0 radical (unpaired) electrons. The maximum Gasteiger partial charge on any atom is 0.253 e. The van der Waals surface area contributed by atoms with Gasteiger partial charge in [0.15, 0.2) is 5.11 Å². The van der Waals surface area contributed by atoms with Crippen LogP contribution in [0.4, 0.5) is 0 Å². The predicted molar refractivity (Wildman–Crippen MR) is 126 cm³/mol. The van der Waals surface area contributed by atoms with E-state index in [9.17, 15) is 4.79 Å². The Morgan fingerprint density at radius 3 is 2.77 bits per heavy atom. The van der Waals surface area contributed by atoms with Crippen LogP contribution in [0.3, 0.4) is 0 Å². The fourth-order valence-corrected chi connectivity index (χ4v) is 4.24. The van der Waals surface area contributed by atoms with Gasteiger partial charge in [-0.05, 0) is 55.7 Å². The van der Waals surface area contributed by atoms with Gasteiger partial charge in [0.1, 0.15) is 13.1 Å². The van der Waals surface area contributed by atoms with Gasteiger partial charge in [-0.2, -0.15) is 0 Å². The fourth-order valence-electron chi connectivity index (χ4n) is 3.98. The minimum absolute atomic E-state index is 0.0347. The zero-order valence-electron chi connectivity index (χ0n) is 18.5. The molecule has 0 amide bonds. The summed E-state index contributed by atoms with van der Waals surface area (Å²) in [5.74, 6) is 0. The van der Waals surface area contributed by atoms with Gasteiger partial charge < -0.3 is 24.8 Å². The summed E-state index contributed by atoms with van der Waals surface area (Å²) in [6.07, 6.45) is 2.20. The van der Waals surface area contributed by atoms with E-state index < -0.39 is 0 Å². The molecule has 0 bridgehead atoms. The summed E-state index contributed by atoms with van der Waals surface area (Å²) in [6, 6.07) is 6.22. The highest BCUT2D eigenvalue weighted by Gasteiger charge is 2.18. The van der Waals surface area contributed by atoms with Gasteiger partial charge in [0, 0.05) is 23.0 Å². The third-order valence-corrected chi connectivity index (χ3v) is 6.18. The van der Waals surface area contributed by atoms with Crippen LogP contribution >= 0.6 is 12.2 Å². The number of rotatable bonds is 8. The van der Waals surface area contributed by atoms with Gasteiger partial charge in [-0.1, -0.05) is 19.4 Å². The number of hydrogen-bond acceptors (Lipinski definition) is 3. The minimum Gasteiger partial charge on any atom is -0.370 e. The molecule has 164 valence electrons. The van der Waals surface area contributed by atoms with Gasteiger partial charge >= 0.3 is 0 Å². The molecule has 2 aromatic rings. The number of hydrogen-bond donors (Lipinski definition) is 3. The summed E-state index contributed by atoms with van der Waals surface area (Å²) < 4.78 is 5.47. The molecule has 0 aliphatic carbocycles. The first kappa shape index (κ1) is 22.7. The highest BCUT2D eigenvalue weighted by Crippen LogP contribution is 2.19. The van der Waals surface area contributed by atoms with Gasteiger partial charge in [-0.15, -0.1) is 0 Å². The number of nitrogens with zero attached hydrogens (tertiary/aromatic N) is 1. The van der Waals surface area contributed by atoms with E-state index in [1.54, 1.807) is 0 Å². The van der Waals surface area contributed by atoms with E-state index in [-0.39, 0.29) is 5.56 Å². The average Bonchev–Trinajstić information content (AvgIpc) is 2.72. The Hall–Kier alpha value is -1.96. The van der Waals surface area contributed by atoms with Crippen LogP contribution in [0.2, 0.25) is 0 Å². The molecule has 1 aromatic carbocycles. The highest BCUT2D eigenvalue weighted by atomic mass is 32.1. The summed E-state index contributed by atoms with van der Waals surface area (Å²) in [6.45, 7) is 13.2. The molecule has 3 rings (SSSR count). The lowest BCUT2D eigenvalue weighted by atomic mass is 10.0. The van der Waals surface area contributed by atoms with Gasteiger partial charge in [0.25, 0.3) is 5.56 Å². The number of nitrogens with one attached hydrogen (secondary N) is 3. The van der Waals surface area contributed by atoms with Crippen molar-refractivity contribution in [2.45, 2.75) is 40.2 Å². The Morgan fingerprint density at radius 1 is 1.27 bits per heavy atom. The van der Waals surface area contributed by atoms with E-state index in [0.29, 0.717) is 6.54 Å². The van der Waals surface area contributed by atoms with Crippen molar-refractivity contribution < 1.29 is 9.64 Å². The number of fused-ring (bicyclic) bond motifs is 1. The first-order valence-electron chi connectivity index (χ1n) is 11.0. The van der Waals surface area contributed by atoms with Crippen LogP contribution in [0.25, 0.3) is 10.9 Å². The van der Waals surface area contributed by atoms with E-state index in [1.165, 1.54) is 10.5 Å². The number of pyridine rings is 1. The summed E-state index contributed by atoms with van der Waals surface area (Å²) in [4.78, 5) is 19.6. The molecule has 0 spiro atoms. The molecule has 1 aliphatic rings. The van der Waals surface area contributed by atoms with E-state index in [0.717, 1.165) is 85.9 Å². The molecular formula is C23H35N4O2S+. The summed E-state index contributed by atoms with van der Waals surface area (Å²) in [5.41, 5.74) is 3.95. The lowest BCUT2D eigenvalue weighted by Gasteiger charge is -2.29. The SMILES string of the molecule is CCCCNC(=S)N(CC[NH+]1CCOCC1)Cc1cc2c(C)cc(C)cc2[nH]c1=O. The largest absolute Gasteiger partial charge is 0.370 e. The summed E-state index contributed by atoms with van der Waals surface area (Å²) in [5, 5.41) is 5.21. The molecular weight excluding hydrogens is 396 g/mol. The van der Waals surface area contributed by atoms with E-state index in [2.05, 4.69) is 42.0 Å². The highest BCUT2D eigenvalue weighted by molar-refractivity contribution is 7.80. The Balaban J connectivity index is 1.79. The Labute approximate surface area is 184 Å². The Kier molecular flexibility index (Phi) is 8.24. The summed E-state index contributed by atoms with van der Waals surface area (Å²) in [7, 11) is 0. The zero-order valence-corrected chi connectivity index (χ0v) is 19.3. The van der Waals surface area contributed by atoms with Crippen molar-refractivity contribution >= 4 is 28.2 Å². The predicted octanol–water partition coefficient (Wildman–Crippen LogP) is 1.54. The zero-order chi connectivity index (χ0) is 21.5. The lowest BCUT2D eigenvalue weighted by molar-refractivity contribution is -0.907. The first-order chi connectivity index (χ1) is 14.5. The Bertz CT molecular complexity index is 921. The number of morpholine rings is 1. The smallest absolute Gasteiger partial charge is 0.253 e. The third kappa shape index (κ3) is 6.03. The number of unbranched alkanes of at least 4 members (excludes halogenated alkanes) is 1. The van der Waals surface area contributed by atoms with Crippen molar-refractivity contribution in [2.75, 3.05) is 45.9 Å². The van der Waals surface area contributed by atoms with Crippen molar-refractivity contribution in [3.05, 3.63) is 45.2 Å². The molecule has 30 heavy (non-hydrogen) atoms. The molecule has 7 heteroatoms. The van der Waals surface area contributed by atoms with Gasteiger partial charge in [-0.3, -0.25) is 4.79 Å². The van der Waals surface area contributed by atoms with Crippen molar-refractivity contribution in [3.63, 3.8) is 0 Å². The van der Waals surface area contributed by atoms with Crippen LogP contribution in [-0.2, 0) is 11.3 Å². The van der Waals surface area contributed by atoms with Crippen LogP contribution in [0, 0.1) is 13.8 Å². The average molecular weight is 432 g/mol. The van der Waals surface area contributed by atoms with Gasteiger partial charge in [-0.25, -0.2) is 0 Å². The van der Waals surface area contributed by atoms with Crippen LogP contribution in [0.5, 0.6) is 0 Å². The Morgan fingerprint density at radius 2 is 2.03 bits per heavy atom. The fraction of sp³-hybridized carbons (Fsp3) is 0.565. The number of aromatic nitrogens is 1. The van der Waals surface area contributed by atoms with E-state index in [4.69, 9.17) is 17.0 Å². The lowest BCUT2D eigenvalue weighted by Crippen LogP contribution is -3.14. The maximum atomic E-state index is 12.8. The van der Waals surface area contributed by atoms with Crippen LogP contribution in [0.15, 0.2) is 23.0 Å². The number of quaternary nitrogens is 1. The molecule has 2 heterocycles. The molecule has 1 saturated heterocycles. The van der Waals surface area contributed by atoms with Crippen molar-refractivity contribution in [1.82, 2.24) is 15.2 Å². The van der Waals surface area contributed by atoms with Gasteiger partial charge in [0.2, 0.25) is 0 Å². The maximum absolute atomic E-state index is 12.8. The normalized spacial score (nSPS) is 14.8. The molecule has 1 aliphatic heterocycles. The standard InChI is InChI=1S/C23H34N4O2S/c1-4-5-6-24-23(30)27(8-7-26-9-11-29-12-10-26)16-19-15-20-18(3)13-17(2)14-21(20)25-22(19)28/h13-15H,4-12,16H2,1-3H3,(H,24,30)(H,25,28)/p+1. The second-order valence-electron chi connectivity index (χ2n) is 8.29. The number of benzene rings is 1. The van der Waals surface area contributed by atoms with Crippen molar-refractivity contribution in [1.29, 1.82) is 0 Å². The minimum atomic E-state index is -0.0347. The molecule has 1 fully saturated rings. The van der Waals surface area contributed by atoms with Crippen LogP contribution in [-0.4, -0.2) is 60.9 Å². The van der Waals surface area contributed by atoms with Crippen molar-refractivity contribution in [2.24, 2.45) is 0 Å². The summed E-state index contributed by atoms with van der Waals surface area (Å²) >= 11 is 5.71. The van der Waals surface area contributed by atoms with E-state index >= 15 is 0 Å². The van der Waals surface area contributed by atoms with Crippen molar-refractivity contribution in [3.8, 4) is 0 Å². The quantitative estimate of drug-likeness (QED) is 0.437. The monoisotopic (exact) mass is 431 g/mol. The number of H-pyrrole nitrogens is 1. The molecule has 0 saturated carbocycles. The number of thiocarbonyl (C=S) groups is 1. The topological polar surface area (TPSA) is 61.8 Å². The molecule has 1 aromatic heterocycles. The second kappa shape index (κ2) is 10.9. The van der Waals surface area contributed by atoms with Crippen LogP contribution in [0.1, 0.15) is 36.5 Å². The van der Waals surface area contributed by atoms with Crippen LogP contribution < -0.4 is 15.8 Å². The molecule has 0 unspecified atom stereocenters.